The molecule has 2 rings (SSSR count). The van der Waals surface area contributed by atoms with Crippen molar-refractivity contribution in [2.24, 2.45) is 0 Å². The van der Waals surface area contributed by atoms with Crippen molar-refractivity contribution < 1.29 is 13.9 Å². The normalized spacial score (nSPS) is 10.2. The molecule has 2 aromatic rings. The van der Waals surface area contributed by atoms with Crippen molar-refractivity contribution in [3.8, 4) is 5.75 Å². The van der Waals surface area contributed by atoms with E-state index in [1.165, 1.54) is 12.1 Å². The second-order valence-corrected chi connectivity index (χ2v) is 4.48. The van der Waals surface area contributed by atoms with Crippen LogP contribution in [-0.2, 0) is 0 Å². The number of nitrogens with zero attached hydrogens (tertiary/aromatic N) is 1. The molecule has 0 heterocycles. The highest BCUT2D eigenvalue weighted by molar-refractivity contribution is 6.06. The summed E-state index contributed by atoms with van der Waals surface area (Å²) in [5.41, 5.74) is 1.25. The van der Waals surface area contributed by atoms with Crippen LogP contribution in [-0.4, -0.2) is 19.1 Å². The van der Waals surface area contributed by atoms with E-state index in [9.17, 15) is 9.18 Å². The standard InChI is InChI=1S/C17H18FNO2/c1-3-19(15-9-7-14(18)8-10-15)17(20)13-5-11-16(12-6-13)21-4-2/h5-12H,3-4H2,1-2H3. The van der Waals surface area contributed by atoms with E-state index in [0.717, 1.165) is 5.75 Å². The number of anilines is 1. The fraction of sp³-hybridized carbons (Fsp3) is 0.235. The minimum atomic E-state index is -0.316. The molecule has 0 spiro atoms. The summed E-state index contributed by atoms with van der Waals surface area (Å²) >= 11 is 0. The third-order valence-corrected chi connectivity index (χ3v) is 3.11. The first kappa shape index (κ1) is 15.0. The van der Waals surface area contributed by atoms with Gasteiger partial charge < -0.3 is 9.64 Å². The molecule has 0 saturated heterocycles. The predicted octanol–water partition coefficient (Wildman–Crippen LogP) is 3.89. The molecule has 0 saturated carbocycles. The lowest BCUT2D eigenvalue weighted by Crippen LogP contribution is -2.30. The minimum Gasteiger partial charge on any atom is -0.494 e. The van der Waals surface area contributed by atoms with Crippen LogP contribution in [0.3, 0.4) is 0 Å². The number of carbonyl (C=O) groups excluding carboxylic acids is 1. The summed E-state index contributed by atoms with van der Waals surface area (Å²) in [7, 11) is 0. The van der Waals surface area contributed by atoms with Crippen LogP contribution in [0.1, 0.15) is 24.2 Å². The van der Waals surface area contributed by atoms with Crippen LogP contribution in [0.5, 0.6) is 5.75 Å². The molecule has 2 aromatic carbocycles. The number of halogens is 1. The molecule has 0 aliphatic rings. The molecule has 110 valence electrons. The zero-order chi connectivity index (χ0) is 15.2. The zero-order valence-corrected chi connectivity index (χ0v) is 12.2. The molecule has 0 aromatic heterocycles. The Hall–Kier alpha value is -2.36. The van der Waals surface area contributed by atoms with Gasteiger partial charge in [-0.05, 0) is 62.4 Å². The van der Waals surface area contributed by atoms with Crippen LogP contribution in [0.4, 0.5) is 10.1 Å². The summed E-state index contributed by atoms with van der Waals surface area (Å²) < 4.78 is 18.3. The van der Waals surface area contributed by atoms with E-state index >= 15 is 0 Å². The zero-order valence-electron chi connectivity index (χ0n) is 12.2. The van der Waals surface area contributed by atoms with Crippen LogP contribution in [0.2, 0.25) is 0 Å². The van der Waals surface area contributed by atoms with E-state index in [1.807, 2.05) is 13.8 Å². The lowest BCUT2D eigenvalue weighted by molar-refractivity contribution is 0.0988. The molecule has 21 heavy (non-hydrogen) atoms. The summed E-state index contributed by atoms with van der Waals surface area (Å²) in [6, 6.07) is 12.9. The second-order valence-electron chi connectivity index (χ2n) is 4.48. The molecule has 3 nitrogen and oxygen atoms in total. The van der Waals surface area contributed by atoms with E-state index in [-0.39, 0.29) is 11.7 Å². The first-order valence-electron chi connectivity index (χ1n) is 6.96. The van der Waals surface area contributed by atoms with Crippen molar-refractivity contribution in [3.63, 3.8) is 0 Å². The molecule has 4 heteroatoms. The maximum absolute atomic E-state index is 13.0. The first-order valence-corrected chi connectivity index (χ1v) is 6.96. The van der Waals surface area contributed by atoms with Crippen molar-refractivity contribution in [3.05, 3.63) is 59.9 Å². The molecule has 0 aliphatic heterocycles. The maximum Gasteiger partial charge on any atom is 0.258 e. The third-order valence-electron chi connectivity index (χ3n) is 3.11. The van der Waals surface area contributed by atoms with Crippen molar-refractivity contribution in [1.29, 1.82) is 0 Å². The third kappa shape index (κ3) is 3.60. The maximum atomic E-state index is 13.0. The fourth-order valence-electron chi connectivity index (χ4n) is 2.08. The van der Waals surface area contributed by atoms with Gasteiger partial charge in [-0.15, -0.1) is 0 Å². The van der Waals surface area contributed by atoms with Gasteiger partial charge in [-0.25, -0.2) is 4.39 Å². The Balaban J connectivity index is 2.21. The van der Waals surface area contributed by atoms with Crippen LogP contribution in [0.15, 0.2) is 48.5 Å². The molecular weight excluding hydrogens is 269 g/mol. The van der Waals surface area contributed by atoms with E-state index in [1.54, 1.807) is 41.3 Å². The smallest absolute Gasteiger partial charge is 0.258 e. The Morgan fingerprint density at radius 3 is 2.19 bits per heavy atom. The highest BCUT2D eigenvalue weighted by Crippen LogP contribution is 2.19. The van der Waals surface area contributed by atoms with Gasteiger partial charge in [-0.2, -0.15) is 0 Å². The van der Waals surface area contributed by atoms with Crippen LogP contribution in [0, 0.1) is 5.82 Å². The second kappa shape index (κ2) is 6.88. The number of ether oxygens (including phenoxy) is 1. The molecule has 0 atom stereocenters. The highest BCUT2D eigenvalue weighted by Gasteiger charge is 2.16. The van der Waals surface area contributed by atoms with Crippen molar-refractivity contribution in [1.82, 2.24) is 0 Å². The van der Waals surface area contributed by atoms with E-state index < -0.39 is 0 Å². The van der Waals surface area contributed by atoms with Gasteiger partial charge in [-0.3, -0.25) is 4.79 Å². The lowest BCUT2D eigenvalue weighted by atomic mass is 10.1. The molecular formula is C17H18FNO2. The predicted molar refractivity (Wildman–Crippen MR) is 81.4 cm³/mol. The van der Waals surface area contributed by atoms with Crippen molar-refractivity contribution in [2.45, 2.75) is 13.8 Å². The molecule has 0 unspecified atom stereocenters. The minimum absolute atomic E-state index is 0.118. The lowest BCUT2D eigenvalue weighted by Gasteiger charge is -2.21. The van der Waals surface area contributed by atoms with Gasteiger partial charge >= 0.3 is 0 Å². The summed E-state index contributed by atoms with van der Waals surface area (Å²) in [5.74, 6) is 0.300. The van der Waals surface area contributed by atoms with Gasteiger partial charge in [0.1, 0.15) is 11.6 Å². The largest absolute Gasteiger partial charge is 0.494 e. The summed E-state index contributed by atoms with van der Waals surface area (Å²) in [4.78, 5) is 14.1. The Labute approximate surface area is 124 Å². The molecule has 0 radical (unpaired) electrons. The SMILES string of the molecule is CCOc1ccc(C(=O)N(CC)c2ccc(F)cc2)cc1. The number of amides is 1. The number of hydrogen-bond donors (Lipinski definition) is 0. The van der Waals surface area contributed by atoms with Gasteiger partial charge in [0.15, 0.2) is 0 Å². The van der Waals surface area contributed by atoms with Gasteiger partial charge in [0, 0.05) is 17.8 Å². The highest BCUT2D eigenvalue weighted by atomic mass is 19.1. The van der Waals surface area contributed by atoms with Gasteiger partial charge in [0.25, 0.3) is 5.91 Å². The van der Waals surface area contributed by atoms with Crippen LogP contribution in [0.25, 0.3) is 0 Å². The monoisotopic (exact) mass is 287 g/mol. The molecule has 0 bridgehead atoms. The van der Waals surface area contributed by atoms with E-state index in [4.69, 9.17) is 4.74 Å². The molecule has 0 fully saturated rings. The molecule has 0 N–H and O–H groups in total. The number of benzene rings is 2. The van der Waals surface area contributed by atoms with Crippen molar-refractivity contribution in [2.75, 3.05) is 18.1 Å². The Bertz CT molecular complexity index is 593. The van der Waals surface area contributed by atoms with E-state index in [2.05, 4.69) is 0 Å². The summed E-state index contributed by atoms with van der Waals surface area (Å²) in [5, 5.41) is 0. The molecule has 1 amide bonds. The quantitative estimate of drug-likeness (QED) is 0.835. The average Bonchev–Trinajstić information content (AvgIpc) is 2.51. The number of hydrogen-bond acceptors (Lipinski definition) is 2. The average molecular weight is 287 g/mol. The summed E-state index contributed by atoms with van der Waals surface area (Å²) in [6.07, 6.45) is 0. The Morgan fingerprint density at radius 2 is 1.67 bits per heavy atom. The fourth-order valence-corrected chi connectivity index (χ4v) is 2.08. The van der Waals surface area contributed by atoms with Gasteiger partial charge in [0.05, 0.1) is 6.61 Å². The Kier molecular flexibility index (Phi) is 4.93. The van der Waals surface area contributed by atoms with Gasteiger partial charge in [0.2, 0.25) is 0 Å². The number of rotatable bonds is 5. The van der Waals surface area contributed by atoms with Crippen LogP contribution >= 0.6 is 0 Å². The molecule has 0 aliphatic carbocycles. The number of carbonyl (C=O) groups is 1. The van der Waals surface area contributed by atoms with Gasteiger partial charge in [-0.1, -0.05) is 0 Å². The van der Waals surface area contributed by atoms with E-state index in [0.29, 0.717) is 24.4 Å². The summed E-state index contributed by atoms with van der Waals surface area (Å²) in [6.45, 7) is 4.89. The Morgan fingerprint density at radius 1 is 1.05 bits per heavy atom. The first-order chi connectivity index (χ1) is 10.2. The van der Waals surface area contributed by atoms with Crippen LogP contribution < -0.4 is 9.64 Å². The topological polar surface area (TPSA) is 29.5 Å². The van der Waals surface area contributed by atoms with Crippen molar-refractivity contribution >= 4 is 11.6 Å².